The van der Waals surface area contributed by atoms with Gasteiger partial charge in [-0.3, -0.25) is 4.79 Å². The van der Waals surface area contributed by atoms with Crippen molar-refractivity contribution in [2.75, 3.05) is 25.5 Å². The molecule has 0 aromatic carbocycles. The van der Waals surface area contributed by atoms with Gasteiger partial charge in [0.15, 0.2) is 0 Å². The Kier molecular flexibility index (Phi) is 3.43. The van der Waals surface area contributed by atoms with Crippen LogP contribution in [0.2, 0.25) is 0 Å². The highest BCUT2D eigenvalue weighted by atomic mass is 32.1. The van der Waals surface area contributed by atoms with Crippen LogP contribution in [0.1, 0.15) is 35.1 Å². The predicted molar refractivity (Wildman–Crippen MR) is 76.0 cm³/mol. The molecule has 1 saturated heterocycles. The third-order valence-corrected chi connectivity index (χ3v) is 4.08. The number of hydrogen-bond donors (Lipinski definition) is 0. The molecule has 1 atom stereocenters. The van der Waals surface area contributed by atoms with E-state index in [0.717, 1.165) is 24.9 Å². The molecule has 0 spiro atoms. The summed E-state index contributed by atoms with van der Waals surface area (Å²) in [5.41, 5.74) is 0.731. The topological polar surface area (TPSA) is 62.5 Å². The van der Waals surface area contributed by atoms with Crippen LogP contribution >= 0.6 is 11.3 Å². The number of rotatable bonds is 3. The molecule has 20 heavy (non-hydrogen) atoms. The summed E-state index contributed by atoms with van der Waals surface area (Å²) in [6.07, 6.45) is 1.82. The molecule has 6 nitrogen and oxygen atoms in total. The molecule has 1 amide bonds. The van der Waals surface area contributed by atoms with Gasteiger partial charge in [-0.25, -0.2) is 0 Å². The zero-order chi connectivity index (χ0) is 14.1. The van der Waals surface area contributed by atoms with Gasteiger partial charge in [0.2, 0.25) is 0 Å². The van der Waals surface area contributed by atoms with Crippen molar-refractivity contribution in [3.63, 3.8) is 0 Å². The molecule has 1 aliphatic heterocycles. The first kappa shape index (κ1) is 13.1. The van der Waals surface area contributed by atoms with Gasteiger partial charge in [0.1, 0.15) is 6.04 Å². The Balaban J connectivity index is 1.83. The first-order valence-corrected chi connectivity index (χ1v) is 7.45. The van der Waals surface area contributed by atoms with E-state index in [2.05, 4.69) is 10.1 Å². The van der Waals surface area contributed by atoms with Crippen LogP contribution < -0.4 is 4.90 Å². The van der Waals surface area contributed by atoms with E-state index in [1.54, 1.807) is 4.90 Å². The summed E-state index contributed by atoms with van der Waals surface area (Å²) in [5, 5.41) is 7.70. The molecule has 0 N–H and O–H groups in total. The molecule has 1 aliphatic rings. The molecule has 7 heteroatoms. The number of hydrogen-bond acceptors (Lipinski definition) is 6. The lowest BCUT2D eigenvalue weighted by Gasteiger charge is -2.21. The van der Waals surface area contributed by atoms with Gasteiger partial charge >= 0.3 is 0 Å². The van der Waals surface area contributed by atoms with Gasteiger partial charge in [0.25, 0.3) is 17.7 Å². The van der Waals surface area contributed by atoms with Gasteiger partial charge in [-0.2, -0.15) is 16.3 Å². The number of amides is 1. The predicted octanol–water partition coefficient (Wildman–Crippen LogP) is 2.17. The van der Waals surface area contributed by atoms with E-state index in [1.165, 1.54) is 11.3 Å². The molecule has 0 unspecified atom stereocenters. The SMILES string of the molecule is CN(C)c1noc([C@H]2CCCN2C(=O)c2ccsc2)n1. The third-order valence-electron chi connectivity index (χ3n) is 3.40. The molecule has 0 saturated carbocycles. The molecular weight excluding hydrogens is 276 g/mol. The largest absolute Gasteiger partial charge is 0.344 e. The van der Waals surface area contributed by atoms with Crippen LogP contribution in [-0.2, 0) is 0 Å². The normalized spacial score (nSPS) is 18.5. The summed E-state index contributed by atoms with van der Waals surface area (Å²) in [4.78, 5) is 20.4. The van der Waals surface area contributed by atoms with Crippen molar-refractivity contribution >= 4 is 23.2 Å². The summed E-state index contributed by atoms with van der Waals surface area (Å²) in [7, 11) is 3.72. The monoisotopic (exact) mass is 292 g/mol. The van der Waals surface area contributed by atoms with Crippen molar-refractivity contribution < 1.29 is 9.32 Å². The number of anilines is 1. The number of thiophene rings is 1. The second-order valence-electron chi connectivity index (χ2n) is 5.00. The van der Waals surface area contributed by atoms with E-state index in [-0.39, 0.29) is 11.9 Å². The maximum absolute atomic E-state index is 12.5. The standard InChI is InChI=1S/C13H16N4O2S/c1-16(2)13-14-11(19-15-13)10-4-3-6-17(10)12(18)9-5-7-20-8-9/h5,7-8,10H,3-4,6H2,1-2H3/t10-/m1/s1. The molecule has 2 aromatic heterocycles. The van der Waals surface area contributed by atoms with Crippen LogP contribution in [0.25, 0.3) is 0 Å². The van der Waals surface area contributed by atoms with Gasteiger partial charge in [-0.15, -0.1) is 0 Å². The zero-order valence-electron chi connectivity index (χ0n) is 11.4. The molecule has 106 valence electrons. The minimum atomic E-state index is -0.108. The Morgan fingerprint density at radius 1 is 1.55 bits per heavy atom. The van der Waals surface area contributed by atoms with Crippen molar-refractivity contribution in [1.29, 1.82) is 0 Å². The second kappa shape index (κ2) is 5.24. The van der Waals surface area contributed by atoms with Crippen molar-refractivity contribution in [1.82, 2.24) is 15.0 Å². The minimum Gasteiger partial charge on any atom is -0.344 e. The summed E-state index contributed by atoms with van der Waals surface area (Å²) < 4.78 is 5.31. The molecular formula is C13H16N4O2S. The Morgan fingerprint density at radius 3 is 3.05 bits per heavy atom. The van der Waals surface area contributed by atoms with Crippen LogP contribution in [0.15, 0.2) is 21.3 Å². The second-order valence-corrected chi connectivity index (χ2v) is 5.78. The molecule has 2 aromatic rings. The van der Waals surface area contributed by atoms with E-state index >= 15 is 0 Å². The van der Waals surface area contributed by atoms with Gasteiger partial charge in [0.05, 0.1) is 5.56 Å². The zero-order valence-corrected chi connectivity index (χ0v) is 12.3. The average Bonchev–Trinajstić information content (AvgIpc) is 3.17. The fourth-order valence-electron chi connectivity index (χ4n) is 2.36. The van der Waals surface area contributed by atoms with E-state index in [1.807, 2.05) is 35.8 Å². The maximum atomic E-state index is 12.5. The fraction of sp³-hybridized carbons (Fsp3) is 0.462. The lowest BCUT2D eigenvalue weighted by Crippen LogP contribution is -2.30. The fourth-order valence-corrected chi connectivity index (χ4v) is 2.99. The van der Waals surface area contributed by atoms with Crippen molar-refractivity contribution in [3.05, 3.63) is 28.3 Å². The molecule has 3 heterocycles. The minimum absolute atomic E-state index is 0.0401. The third kappa shape index (κ3) is 2.29. The summed E-state index contributed by atoms with van der Waals surface area (Å²) in [6.45, 7) is 0.735. The number of nitrogens with zero attached hydrogens (tertiary/aromatic N) is 4. The Labute approximate surface area is 121 Å². The smallest absolute Gasteiger partial charge is 0.265 e. The van der Waals surface area contributed by atoms with E-state index in [0.29, 0.717) is 11.8 Å². The van der Waals surface area contributed by atoms with Gasteiger partial charge in [0, 0.05) is 26.0 Å². The summed E-state index contributed by atoms with van der Waals surface area (Å²) in [6, 6.07) is 1.74. The number of carbonyl (C=O) groups excluding carboxylic acids is 1. The maximum Gasteiger partial charge on any atom is 0.265 e. The van der Waals surface area contributed by atoms with Crippen LogP contribution in [0, 0.1) is 0 Å². The van der Waals surface area contributed by atoms with Gasteiger partial charge < -0.3 is 14.3 Å². The highest BCUT2D eigenvalue weighted by Gasteiger charge is 2.34. The Bertz CT molecular complexity index is 593. The first-order valence-electron chi connectivity index (χ1n) is 6.51. The molecule has 3 rings (SSSR count). The molecule has 1 fully saturated rings. The number of carbonyl (C=O) groups is 1. The number of aromatic nitrogens is 2. The quantitative estimate of drug-likeness (QED) is 0.867. The first-order chi connectivity index (χ1) is 9.66. The average molecular weight is 292 g/mol. The van der Waals surface area contributed by atoms with Crippen molar-refractivity contribution in [3.8, 4) is 0 Å². The molecule has 0 aliphatic carbocycles. The number of likely N-dealkylation sites (tertiary alicyclic amines) is 1. The van der Waals surface area contributed by atoms with Gasteiger partial charge in [-0.05, 0) is 29.4 Å². The Morgan fingerprint density at radius 2 is 2.40 bits per heavy atom. The van der Waals surface area contributed by atoms with E-state index in [4.69, 9.17) is 4.52 Å². The van der Waals surface area contributed by atoms with Crippen LogP contribution in [-0.4, -0.2) is 41.6 Å². The van der Waals surface area contributed by atoms with Gasteiger partial charge in [-0.1, -0.05) is 0 Å². The van der Waals surface area contributed by atoms with Crippen molar-refractivity contribution in [2.24, 2.45) is 0 Å². The lowest BCUT2D eigenvalue weighted by molar-refractivity contribution is 0.0710. The highest BCUT2D eigenvalue weighted by Crippen LogP contribution is 2.33. The highest BCUT2D eigenvalue weighted by molar-refractivity contribution is 7.08. The lowest BCUT2D eigenvalue weighted by atomic mass is 10.2. The van der Waals surface area contributed by atoms with Crippen LogP contribution in [0.3, 0.4) is 0 Å². The van der Waals surface area contributed by atoms with Crippen molar-refractivity contribution in [2.45, 2.75) is 18.9 Å². The molecule has 0 bridgehead atoms. The summed E-state index contributed by atoms with van der Waals surface area (Å²) >= 11 is 1.53. The van der Waals surface area contributed by atoms with Crippen LogP contribution in [0.4, 0.5) is 5.95 Å². The summed E-state index contributed by atoms with van der Waals surface area (Å²) in [5.74, 6) is 1.10. The Hall–Kier alpha value is -1.89. The van der Waals surface area contributed by atoms with Crippen LogP contribution in [0.5, 0.6) is 0 Å². The van der Waals surface area contributed by atoms with E-state index < -0.39 is 0 Å². The van der Waals surface area contributed by atoms with E-state index in [9.17, 15) is 4.79 Å². The molecule has 0 radical (unpaired) electrons.